The SMILES string of the molecule is OC1CC2CCC(C1)N2Cc1ccc(Cl)cc1Cl. The second-order valence-corrected chi connectivity index (χ2v) is 6.26. The van der Waals surface area contributed by atoms with Crippen LogP contribution in [-0.2, 0) is 6.54 Å². The fourth-order valence-corrected chi connectivity index (χ4v) is 3.82. The van der Waals surface area contributed by atoms with Gasteiger partial charge in [0.1, 0.15) is 0 Å². The number of rotatable bonds is 2. The van der Waals surface area contributed by atoms with Crippen molar-refractivity contribution in [2.24, 2.45) is 0 Å². The largest absolute Gasteiger partial charge is 0.393 e. The second-order valence-electron chi connectivity index (χ2n) is 5.42. The molecule has 0 aromatic heterocycles. The van der Waals surface area contributed by atoms with Crippen LogP contribution in [0.5, 0.6) is 0 Å². The minimum absolute atomic E-state index is 0.112. The number of benzene rings is 1. The summed E-state index contributed by atoms with van der Waals surface area (Å²) in [7, 11) is 0. The molecular formula is C14H17Cl2NO. The molecule has 2 saturated heterocycles. The molecular weight excluding hydrogens is 269 g/mol. The maximum absolute atomic E-state index is 9.79. The Morgan fingerprint density at radius 2 is 1.83 bits per heavy atom. The lowest BCUT2D eigenvalue weighted by Gasteiger charge is -2.37. The van der Waals surface area contributed by atoms with E-state index < -0.39 is 0 Å². The van der Waals surface area contributed by atoms with E-state index in [1.165, 1.54) is 12.8 Å². The Hall–Kier alpha value is -0.280. The van der Waals surface area contributed by atoms with Gasteiger partial charge in [-0.2, -0.15) is 0 Å². The van der Waals surface area contributed by atoms with E-state index in [0.717, 1.165) is 30.0 Å². The van der Waals surface area contributed by atoms with Crippen LogP contribution in [0.25, 0.3) is 0 Å². The van der Waals surface area contributed by atoms with Crippen molar-refractivity contribution >= 4 is 23.2 Å². The van der Waals surface area contributed by atoms with E-state index in [1.807, 2.05) is 12.1 Å². The lowest BCUT2D eigenvalue weighted by Crippen LogP contribution is -2.44. The first-order valence-corrected chi connectivity index (χ1v) is 7.27. The number of aliphatic hydroxyl groups excluding tert-OH is 1. The first-order valence-electron chi connectivity index (χ1n) is 6.51. The van der Waals surface area contributed by atoms with E-state index in [2.05, 4.69) is 4.90 Å². The Labute approximate surface area is 117 Å². The third kappa shape index (κ3) is 2.39. The number of halogens is 2. The van der Waals surface area contributed by atoms with Crippen LogP contribution in [-0.4, -0.2) is 28.2 Å². The molecule has 2 aliphatic heterocycles. The van der Waals surface area contributed by atoms with Crippen molar-refractivity contribution in [2.45, 2.75) is 50.4 Å². The molecule has 3 rings (SSSR count). The van der Waals surface area contributed by atoms with Crippen molar-refractivity contribution in [1.82, 2.24) is 4.90 Å². The van der Waals surface area contributed by atoms with Crippen LogP contribution in [0.1, 0.15) is 31.2 Å². The van der Waals surface area contributed by atoms with Crippen molar-refractivity contribution in [3.05, 3.63) is 33.8 Å². The van der Waals surface area contributed by atoms with Gasteiger partial charge in [0.05, 0.1) is 6.10 Å². The summed E-state index contributed by atoms with van der Waals surface area (Å²) >= 11 is 12.2. The maximum atomic E-state index is 9.79. The normalized spacial score (nSPS) is 31.8. The third-order valence-corrected chi connectivity index (χ3v) is 4.81. The molecule has 1 aromatic rings. The number of piperidine rings is 1. The number of fused-ring (bicyclic) bond motifs is 2. The predicted octanol–water partition coefficient (Wildman–Crippen LogP) is 3.48. The molecule has 4 heteroatoms. The highest BCUT2D eigenvalue weighted by atomic mass is 35.5. The highest BCUT2D eigenvalue weighted by Crippen LogP contribution is 2.37. The molecule has 0 amide bonds. The Morgan fingerprint density at radius 3 is 2.44 bits per heavy atom. The number of hydrogen-bond donors (Lipinski definition) is 1. The Kier molecular flexibility index (Phi) is 3.55. The van der Waals surface area contributed by atoms with Crippen LogP contribution in [0.2, 0.25) is 10.0 Å². The zero-order valence-corrected chi connectivity index (χ0v) is 11.7. The molecule has 2 fully saturated rings. The van der Waals surface area contributed by atoms with Gasteiger partial charge in [-0.1, -0.05) is 29.3 Å². The van der Waals surface area contributed by atoms with E-state index in [0.29, 0.717) is 17.1 Å². The van der Waals surface area contributed by atoms with Crippen LogP contribution >= 0.6 is 23.2 Å². The van der Waals surface area contributed by atoms with Crippen LogP contribution in [0.4, 0.5) is 0 Å². The molecule has 0 saturated carbocycles. The summed E-state index contributed by atoms with van der Waals surface area (Å²) in [6.07, 6.45) is 4.10. The fourth-order valence-electron chi connectivity index (χ4n) is 3.35. The van der Waals surface area contributed by atoms with E-state index in [9.17, 15) is 5.11 Å². The molecule has 2 heterocycles. The standard InChI is InChI=1S/C14H17Cl2NO/c15-10-2-1-9(14(16)5-10)8-17-11-3-4-12(17)7-13(18)6-11/h1-2,5,11-13,18H,3-4,6-8H2. The van der Waals surface area contributed by atoms with Gasteiger partial charge in [0.2, 0.25) is 0 Å². The summed E-state index contributed by atoms with van der Waals surface area (Å²) in [5.74, 6) is 0. The first-order chi connectivity index (χ1) is 8.63. The van der Waals surface area contributed by atoms with Crippen molar-refractivity contribution in [3.63, 3.8) is 0 Å². The number of hydrogen-bond acceptors (Lipinski definition) is 2. The highest BCUT2D eigenvalue weighted by Gasteiger charge is 2.39. The molecule has 0 aliphatic carbocycles. The monoisotopic (exact) mass is 285 g/mol. The molecule has 2 aliphatic rings. The zero-order chi connectivity index (χ0) is 12.7. The van der Waals surface area contributed by atoms with Crippen molar-refractivity contribution in [2.75, 3.05) is 0 Å². The molecule has 2 atom stereocenters. The predicted molar refractivity (Wildman–Crippen MR) is 74.1 cm³/mol. The Bertz CT molecular complexity index is 437. The van der Waals surface area contributed by atoms with Crippen LogP contribution in [0, 0.1) is 0 Å². The first kappa shape index (κ1) is 12.7. The van der Waals surface area contributed by atoms with Gasteiger partial charge in [-0.3, -0.25) is 4.90 Å². The van der Waals surface area contributed by atoms with E-state index in [-0.39, 0.29) is 6.10 Å². The van der Waals surface area contributed by atoms with Gasteiger partial charge < -0.3 is 5.11 Å². The highest BCUT2D eigenvalue weighted by molar-refractivity contribution is 6.35. The molecule has 2 unspecified atom stereocenters. The average molecular weight is 286 g/mol. The summed E-state index contributed by atoms with van der Waals surface area (Å²) in [5.41, 5.74) is 1.13. The molecule has 2 nitrogen and oxygen atoms in total. The fraction of sp³-hybridized carbons (Fsp3) is 0.571. The minimum atomic E-state index is -0.112. The molecule has 98 valence electrons. The maximum Gasteiger partial charge on any atom is 0.0570 e. The number of aliphatic hydroxyl groups is 1. The van der Waals surface area contributed by atoms with Crippen molar-refractivity contribution < 1.29 is 5.11 Å². The van der Waals surface area contributed by atoms with Gasteiger partial charge in [0, 0.05) is 28.7 Å². The summed E-state index contributed by atoms with van der Waals surface area (Å²) in [4.78, 5) is 2.50. The van der Waals surface area contributed by atoms with Gasteiger partial charge in [0.25, 0.3) is 0 Å². The molecule has 1 aromatic carbocycles. The molecule has 0 radical (unpaired) electrons. The quantitative estimate of drug-likeness (QED) is 0.899. The molecule has 0 spiro atoms. The summed E-state index contributed by atoms with van der Waals surface area (Å²) < 4.78 is 0. The average Bonchev–Trinajstić information content (AvgIpc) is 2.56. The molecule has 2 bridgehead atoms. The van der Waals surface area contributed by atoms with E-state index in [1.54, 1.807) is 6.07 Å². The van der Waals surface area contributed by atoms with Crippen LogP contribution in [0.15, 0.2) is 18.2 Å². The summed E-state index contributed by atoms with van der Waals surface area (Å²) in [6.45, 7) is 0.873. The van der Waals surface area contributed by atoms with Gasteiger partial charge in [-0.05, 0) is 43.4 Å². The molecule has 1 N–H and O–H groups in total. The smallest absolute Gasteiger partial charge is 0.0570 e. The number of nitrogens with zero attached hydrogens (tertiary/aromatic N) is 1. The minimum Gasteiger partial charge on any atom is -0.393 e. The van der Waals surface area contributed by atoms with Crippen molar-refractivity contribution in [3.8, 4) is 0 Å². The Balaban J connectivity index is 1.77. The lowest BCUT2D eigenvalue weighted by atomic mass is 9.99. The lowest BCUT2D eigenvalue weighted by molar-refractivity contribution is 0.0310. The third-order valence-electron chi connectivity index (χ3n) is 4.23. The van der Waals surface area contributed by atoms with Gasteiger partial charge in [0.15, 0.2) is 0 Å². The molecule has 18 heavy (non-hydrogen) atoms. The van der Waals surface area contributed by atoms with Gasteiger partial charge in [-0.25, -0.2) is 0 Å². The van der Waals surface area contributed by atoms with Gasteiger partial charge >= 0.3 is 0 Å². The van der Waals surface area contributed by atoms with Crippen LogP contribution in [0.3, 0.4) is 0 Å². The van der Waals surface area contributed by atoms with Crippen molar-refractivity contribution in [1.29, 1.82) is 0 Å². The summed E-state index contributed by atoms with van der Waals surface area (Å²) in [6, 6.07) is 6.74. The van der Waals surface area contributed by atoms with Crippen LogP contribution < -0.4 is 0 Å². The second kappa shape index (κ2) is 5.01. The van der Waals surface area contributed by atoms with Gasteiger partial charge in [-0.15, -0.1) is 0 Å². The Morgan fingerprint density at radius 1 is 1.17 bits per heavy atom. The topological polar surface area (TPSA) is 23.5 Å². The van der Waals surface area contributed by atoms with E-state index in [4.69, 9.17) is 23.2 Å². The van der Waals surface area contributed by atoms with E-state index >= 15 is 0 Å². The summed E-state index contributed by atoms with van der Waals surface area (Å²) in [5, 5.41) is 11.2. The zero-order valence-electron chi connectivity index (χ0n) is 10.1.